The minimum Gasteiger partial charge on any atom is -0.478 e. The maximum atomic E-state index is 12.9. The standard InChI is InChI=1S/C13H16FNO3/c1-2-10(14)5-8-12(16)15-11-6-3-9(4-7-11)13(17)18/h3-4,6-7,10H,2,5,8H2,1H3,(H,15,16)(H,17,18). The molecule has 1 unspecified atom stereocenters. The van der Waals surface area contributed by atoms with Crippen LogP contribution in [0.15, 0.2) is 24.3 Å². The van der Waals surface area contributed by atoms with Crippen LogP contribution in [0.3, 0.4) is 0 Å². The third-order valence-electron chi connectivity index (χ3n) is 2.54. The van der Waals surface area contributed by atoms with Crippen molar-refractivity contribution in [3.05, 3.63) is 29.8 Å². The number of hydrogen-bond acceptors (Lipinski definition) is 2. The van der Waals surface area contributed by atoms with Gasteiger partial charge in [-0.2, -0.15) is 0 Å². The fourth-order valence-corrected chi connectivity index (χ4v) is 1.41. The molecule has 4 nitrogen and oxygen atoms in total. The van der Waals surface area contributed by atoms with Gasteiger partial charge in [0.25, 0.3) is 0 Å². The zero-order valence-corrected chi connectivity index (χ0v) is 10.1. The summed E-state index contributed by atoms with van der Waals surface area (Å²) in [7, 11) is 0. The van der Waals surface area contributed by atoms with Crippen molar-refractivity contribution < 1.29 is 19.1 Å². The van der Waals surface area contributed by atoms with Gasteiger partial charge in [-0.3, -0.25) is 4.79 Å². The second-order valence-electron chi connectivity index (χ2n) is 3.97. The third-order valence-corrected chi connectivity index (χ3v) is 2.54. The average molecular weight is 253 g/mol. The molecule has 98 valence electrons. The zero-order chi connectivity index (χ0) is 13.5. The van der Waals surface area contributed by atoms with E-state index in [4.69, 9.17) is 5.11 Å². The molecule has 0 spiro atoms. The maximum Gasteiger partial charge on any atom is 0.335 e. The maximum absolute atomic E-state index is 12.9. The van der Waals surface area contributed by atoms with E-state index >= 15 is 0 Å². The van der Waals surface area contributed by atoms with Crippen molar-refractivity contribution >= 4 is 17.6 Å². The number of carbonyl (C=O) groups is 2. The van der Waals surface area contributed by atoms with E-state index in [-0.39, 0.29) is 24.3 Å². The van der Waals surface area contributed by atoms with Gasteiger partial charge < -0.3 is 10.4 Å². The lowest BCUT2D eigenvalue weighted by Crippen LogP contribution is -2.13. The van der Waals surface area contributed by atoms with Crippen molar-refractivity contribution in [3.63, 3.8) is 0 Å². The number of benzene rings is 1. The van der Waals surface area contributed by atoms with E-state index in [0.717, 1.165) is 0 Å². The van der Waals surface area contributed by atoms with Gasteiger partial charge in [-0.15, -0.1) is 0 Å². The summed E-state index contributed by atoms with van der Waals surface area (Å²) in [5.74, 6) is -1.29. The lowest BCUT2D eigenvalue weighted by atomic mass is 10.1. The molecule has 0 aliphatic carbocycles. The van der Waals surface area contributed by atoms with Gasteiger partial charge in [0.1, 0.15) is 6.17 Å². The second kappa shape index (κ2) is 6.74. The van der Waals surface area contributed by atoms with Gasteiger partial charge in [0.2, 0.25) is 5.91 Å². The van der Waals surface area contributed by atoms with Crippen LogP contribution in [0.2, 0.25) is 0 Å². The first-order valence-electron chi connectivity index (χ1n) is 5.80. The molecule has 18 heavy (non-hydrogen) atoms. The molecule has 0 aromatic heterocycles. The Labute approximate surface area is 105 Å². The first-order valence-corrected chi connectivity index (χ1v) is 5.80. The van der Waals surface area contributed by atoms with Crippen LogP contribution in [-0.2, 0) is 4.79 Å². The molecule has 0 fully saturated rings. The molecule has 0 aliphatic heterocycles. The molecular formula is C13H16FNO3. The Morgan fingerprint density at radius 3 is 2.44 bits per heavy atom. The predicted octanol–water partition coefficient (Wildman–Crippen LogP) is 2.85. The Bertz CT molecular complexity index is 417. The first-order chi connectivity index (χ1) is 8.52. The summed E-state index contributed by atoms with van der Waals surface area (Å²) in [5.41, 5.74) is 0.666. The van der Waals surface area contributed by atoms with E-state index in [0.29, 0.717) is 12.1 Å². The highest BCUT2D eigenvalue weighted by molar-refractivity contribution is 5.92. The summed E-state index contributed by atoms with van der Waals surface area (Å²) in [6.45, 7) is 1.73. The Balaban J connectivity index is 2.47. The minimum atomic E-state index is -1.02. The number of carbonyl (C=O) groups excluding carboxylic acids is 1. The zero-order valence-electron chi connectivity index (χ0n) is 10.1. The molecular weight excluding hydrogens is 237 g/mol. The van der Waals surface area contributed by atoms with E-state index in [1.165, 1.54) is 24.3 Å². The van der Waals surface area contributed by atoms with Crippen LogP contribution >= 0.6 is 0 Å². The third kappa shape index (κ3) is 4.53. The molecule has 1 rings (SSSR count). The molecule has 0 aliphatic rings. The number of carboxylic acids is 1. The van der Waals surface area contributed by atoms with Crippen LogP contribution in [0.25, 0.3) is 0 Å². The molecule has 0 saturated carbocycles. The van der Waals surface area contributed by atoms with Gasteiger partial charge in [0, 0.05) is 12.1 Å². The summed E-state index contributed by atoms with van der Waals surface area (Å²) in [4.78, 5) is 22.1. The summed E-state index contributed by atoms with van der Waals surface area (Å²) in [5, 5.41) is 11.3. The predicted molar refractivity (Wildman–Crippen MR) is 66.5 cm³/mol. The Hall–Kier alpha value is -1.91. The Morgan fingerprint density at radius 1 is 1.33 bits per heavy atom. The van der Waals surface area contributed by atoms with Gasteiger partial charge >= 0.3 is 5.97 Å². The summed E-state index contributed by atoms with van der Waals surface area (Å²) in [6, 6.07) is 5.83. The van der Waals surface area contributed by atoms with Crippen molar-refractivity contribution in [1.82, 2.24) is 0 Å². The number of hydrogen-bond donors (Lipinski definition) is 2. The highest BCUT2D eigenvalue weighted by Crippen LogP contribution is 2.11. The summed E-state index contributed by atoms with van der Waals surface area (Å²) >= 11 is 0. The number of rotatable bonds is 6. The van der Waals surface area contributed by atoms with Crippen LogP contribution in [0.5, 0.6) is 0 Å². The normalized spacial score (nSPS) is 11.9. The average Bonchev–Trinajstić information content (AvgIpc) is 2.36. The number of aromatic carboxylic acids is 1. The van der Waals surface area contributed by atoms with Gasteiger partial charge in [0.15, 0.2) is 0 Å². The lowest BCUT2D eigenvalue weighted by Gasteiger charge is -2.07. The van der Waals surface area contributed by atoms with Gasteiger partial charge in [0.05, 0.1) is 5.56 Å². The lowest BCUT2D eigenvalue weighted by molar-refractivity contribution is -0.116. The van der Waals surface area contributed by atoms with Crippen LogP contribution in [0, 0.1) is 0 Å². The molecule has 1 aromatic carbocycles. The molecule has 1 atom stereocenters. The van der Waals surface area contributed by atoms with Gasteiger partial charge in [-0.25, -0.2) is 9.18 Å². The highest BCUT2D eigenvalue weighted by Gasteiger charge is 2.08. The number of halogens is 1. The van der Waals surface area contributed by atoms with Crippen molar-refractivity contribution in [2.45, 2.75) is 32.4 Å². The number of amides is 1. The first kappa shape index (κ1) is 14.2. The van der Waals surface area contributed by atoms with E-state index < -0.39 is 12.1 Å². The second-order valence-corrected chi connectivity index (χ2v) is 3.97. The molecule has 1 amide bonds. The Morgan fingerprint density at radius 2 is 1.94 bits per heavy atom. The Kier molecular flexibility index (Phi) is 5.30. The molecule has 5 heteroatoms. The van der Waals surface area contributed by atoms with Crippen LogP contribution < -0.4 is 5.32 Å². The molecule has 2 N–H and O–H groups in total. The highest BCUT2D eigenvalue weighted by atomic mass is 19.1. The van der Waals surface area contributed by atoms with Gasteiger partial charge in [-0.05, 0) is 37.1 Å². The van der Waals surface area contributed by atoms with E-state index in [1.807, 2.05) is 0 Å². The van der Waals surface area contributed by atoms with Crippen molar-refractivity contribution in [2.75, 3.05) is 5.32 Å². The van der Waals surface area contributed by atoms with E-state index in [1.54, 1.807) is 6.92 Å². The largest absolute Gasteiger partial charge is 0.478 e. The van der Waals surface area contributed by atoms with E-state index in [2.05, 4.69) is 5.32 Å². The van der Waals surface area contributed by atoms with Crippen molar-refractivity contribution in [3.8, 4) is 0 Å². The summed E-state index contributed by atoms with van der Waals surface area (Å²) < 4.78 is 12.9. The smallest absolute Gasteiger partial charge is 0.335 e. The molecule has 0 saturated heterocycles. The van der Waals surface area contributed by atoms with Crippen molar-refractivity contribution in [2.24, 2.45) is 0 Å². The van der Waals surface area contributed by atoms with Crippen LogP contribution in [-0.4, -0.2) is 23.2 Å². The molecule has 0 bridgehead atoms. The number of alkyl halides is 1. The number of nitrogens with one attached hydrogen (secondary N) is 1. The topological polar surface area (TPSA) is 66.4 Å². The van der Waals surface area contributed by atoms with Crippen LogP contribution in [0.4, 0.5) is 10.1 Å². The van der Waals surface area contributed by atoms with E-state index in [9.17, 15) is 14.0 Å². The van der Waals surface area contributed by atoms with Gasteiger partial charge in [-0.1, -0.05) is 6.92 Å². The monoisotopic (exact) mass is 253 g/mol. The van der Waals surface area contributed by atoms with Crippen LogP contribution in [0.1, 0.15) is 36.5 Å². The molecule has 0 heterocycles. The fraction of sp³-hybridized carbons (Fsp3) is 0.385. The van der Waals surface area contributed by atoms with Crippen molar-refractivity contribution in [1.29, 1.82) is 0 Å². The number of carboxylic acid groups (broad SMARTS) is 1. The molecule has 1 aromatic rings. The number of anilines is 1. The summed E-state index contributed by atoms with van der Waals surface area (Å²) in [6.07, 6.45) is -0.226. The SMILES string of the molecule is CCC(F)CCC(=O)Nc1ccc(C(=O)O)cc1. The minimum absolute atomic E-state index is 0.121. The molecule has 0 radical (unpaired) electrons. The quantitative estimate of drug-likeness (QED) is 0.819. The fourth-order valence-electron chi connectivity index (χ4n) is 1.41.